The summed E-state index contributed by atoms with van der Waals surface area (Å²) in [5, 5.41) is 15.7. The lowest BCUT2D eigenvalue weighted by Gasteiger charge is -2.19. The molecule has 1 aliphatic rings. The molecule has 0 saturated carbocycles. The molecule has 1 fully saturated rings. The van der Waals surface area contributed by atoms with Gasteiger partial charge in [-0.3, -0.25) is 19.0 Å². The largest absolute Gasteiger partial charge is 0.343 e. The summed E-state index contributed by atoms with van der Waals surface area (Å²) in [6.45, 7) is 2.08. The highest BCUT2D eigenvalue weighted by Crippen LogP contribution is 2.31. The van der Waals surface area contributed by atoms with Crippen LogP contribution in [0.2, 0.25) is 0 Å². The second kappa shape index (κ2) is 9.76. The summed E-state index contributed by atoms with van der Waals surface area (Å²) < 4.78 is 54.3. The summed E-state index contributed by atoms with van der Waals surface area (Å²) in [6.07, 6.45) is 0.769. The normalized spacial score (nSPS) is 17.3. The molecule has 2 N–H and O–H groups in total. The van der Waals surface area contributed by atoms with Crippen LogP contribution < -0.4 is 10.0 Å². The maximum atomic E-state index is 13.5. The van der Waals surface area contributed by atoms with Crippen molar-refractivity contribution >= 4 is 27.5 Å². The van der Waals surface area contributed by atoms with Crippen molar-refractivity contribution < 1.29 is 26.8 Å². The first-order chi connectivity index (χ1) is 15.9. The zero-order chi connectivity index (χ0) is 25.1. The van der Waals surface area contributed by atoms with Crippen molar-refractivity contribution in [3.8, 4) is 6.07 Å². The first kappa shape index (κ1) is 25.1. The van der Waals surface area contributed by atoms with Crippen molar-refractivity contribution in [2.45, 2.75) is 38.8 Å². The number of rotatable bonds is 8. The summed E-state index contributed by atoms with van der Waals surface area (Å²) in [4.78, 5) is 25.6. The number of halogens is 2. The summed E-state index contributed by atoms with van der Waals surface area (Å²) in [5.41, 5.74) is 1.85. The standard InChI is InChI=1S/C21H24F2N6O4S/c1-3-34(32,33)27-16-6-4-15(5-7-16)11-28-12-18(14(2)26-28)20(31)25-10-19(30)29-13-21(22,23)8-17(29)9-24/h4-7,12,17,27H,3,8,10-11,13H2,1-2H3,(H,25,31)/t17-/m0/s1. The third kappa shape index (κ3) is 6.07. The Bertz CT molecular complexity index is 1220. The molecular formula is C21H24F2N6O4S. The predicted octanol–water partition coefficient (Wildman–Crippen LogP) is 1.49. The van der Waals surface area contributed by atoms with Crippen LogP contribution in [0.5, 0.6) is 0 Å². The fourth-order valence-corrected chi connectivity index (χ4v) is 4.13. The second-order valence-corrected chi connectivity index (χ2v) is 9.95. The van der Waals surface area contributed by atoms with Gasteiger partial charge in [-0.1, -0.05) is 12.1 Å². The molecule has 2 heterocycles. The third-order valence-electron chi connectivity index (χ3n) is 5.28. The Labute approximate surface area is 195 Å². The highest BCUT2D eigenvalue weighted by Gasteiger charge is 2.47. The van der Waals surface area contributed by atoms with Crippen molar-refractivity contribution in [3.05, 3.63) is 47.3 Å². The van der Waals surface area contributed by atoms with E-state index in [-0.39, 0.29) is 11.3 Å². The van der Waals surface area contributed by atoms with Gasteiger partial charge in [0.1, 0.15) is 6.04 Å². The predicted molar refractivity (Wildman–Crippen MR) is 119 cm³/mol. The Morgan fingerprint density at radius 3 is 2.59 bits per heavy atom. The van der Waals surface area contributed by atoms with Crippen LogP contribution in [0, 0.1) is 18.3 Å². The number of aromatic nitrogens is 2. The molecule has 0 unspecified atom stereocenters. The van der Waals surface area contributed by atoms with Crippen LogP contribution in [0.15, 0.2) is 30.5 Å². The number of amides is 2. The number of hydrogen-bond donors (Lipinski definition) is 2. The molecule has 182 valence electrons. The van der Waals surface area contributed by atoms with E-state index in [9.17, 15) is 26.8 Å². The van der Waals surface area contributed by atoms with Gasteiger partial charge in [0.15, 0.2) is 0 Å². The van der Waals surface area contributed by atoms with Gasteiger partial charge in [0.05, 0.1) is 42.7 Å². The maximum Gasteiger partial charge on any atom is 0.268 e. The van der Waals surface area contributed by atoms with Crippen LogP contribution in [0.3, 0.4) is 0 Å². The van der Waals surface area contributed by atoms with E-state index in [1.165, 1.54) is 17.8 Å². The number of aryl methyl sites for hydroxylation is 1. The number of hydrogen-bond acceptors (Lipinski definition) is 6. The highest BCUT2D eigenvalue weighted by atomic mass is 32.2. The van der Waals surface area contributed by atoms with Crippen LogP contribution in [0.4, 0.5) is 14.5 Å². The molecule has 2 amide bonds. The fraction of sp³-hybridized carbons (Fsp3) is 0.429. The Kier molecular flexibility index (Phi) is 7.21. The van der Waals surface area contributed by atoms with E-state index >= 15 is 0 Å². The molecular weight excluding hydrogens is 470 g/mol. The van der Waals surface area contributed by atoms with Gasteiger partial charge in [-0.05, 0) is 31.5 Å². The van der Waals surface area contributed by atoms with E-state index in [0.717, 1.165) is 10.5 Å². The quantitative estimate of drug-likeness (QED) is 0.571. The number of sulfonamides is 1. The average Bonchev–Trinajstić information content (AvgIpc) is 3.31. The van der Waals surface area contributed by atoms with Crippen molar-refractivity contribution in [1.29, 1.82) is 5.26 Å². The first-order valence-electron chi connectivity index (χ1n) is 10.4. The summed E-state index contributed by atoms with van der Waals surface area (Å²) in [5.74, 6) is -4.53. The maximum absolute atomic E-state index is 13.5. The molecule has 0 spiro atoms. The Morgan fingerprint density at radius 2 is 1.97 bits per heavy atom. The van der Waals surface area contributed by atoms with Crippen LogP contribution in [0.25, 0.3) is 0 Å². The van der Waals surface area contributed by atoms with Gasteiger partial charge in [0, 0.05) is 18.3 Å². The molecule has 1 aromatic heterocycles. The van der Waals surface area contributed by atoms with Gasteiger partial charge in [0.25, 0.3) is 11.8 Å². The van der Waals surface area contributed by atoms with Crippen LogP contribution in [0.1, 0.15) is 35.0 Å². The average molecular weight is 495 g/mol. The number of likely N-dealkylation sites (tertiary alicyclic amines) is 1. The monoisotopic (exact) mass is 494 g/mol. The summed E-state index contributed by atoms with van der Waals surface area (Å²) in [6, 6.07) is 7.14. The van der Waals surface area contributed by atoms with Crippen molar-refractivity contribution in [2.75, 3.05) is 23.6 Å². The van der Waals surface area contributed by atoms with Crippen molar-refractivity contribution in [2.24, 2.45) is 0 Å². The topological polar surface area (TPSA) is 137 Å². The highest BCUT2D eigenvalue weighted by molar-refractivity contribution is 7.92. The Balaban J connectivity index is 1.59. The molecule has 1 atom stereocenters. The van der Waals surface area contributed by atoms with E-state index in [1.807, 2.05) is 0 Å². The van der Waals surface area contributed by atoms with E-state index in [2.05, 4.69) is 15.1 Å². The lowest BCUT2D eigenvalue weighted by molar-refractivity contribution is -0.131. The zero-order valence-corrected chi connectivity index (χ0v) is 19.4. The number of nitrogens with one attached hydrogen (secondary N) is 2. The SMILES string of the molecule is CCS(=O)(=O)Nc1ccc(Cn2cc(C(=O)NCC(=O)N3CC(F)(F)C[C@H]3C#N)c(C)n2)cc1. The Hall–Kier alpha value is -3.53. The Morgan fingerprint density at radius 1 is 1.29 bits per heavy atom. The fourth-order valence-electron chi connectivity index (χ4n) is 3.49. The molecule has 2 aromatic rings. The minimum Gasteiger partial charge on any atom is -0.343 e. The molecule has 10 nitrogen and oxygen atoms in total. The molecule has 0 radical (unpaired) electrons. The van der Waals surface area contributed by atoms with E-state index in [4.69, 9.17) is 5.26 Å². The van der Waals surface area contributed by atoms with Gasteiger partial charge >= 0.3 is 0 Å². The minimum absolute atomic E-state index is 0.0405. The van der Waals surface area contributed by atoms with Crippen LogP contribution in [-0.4, -0.2) is 65.7 Å². The van der Waals surface area contributed by atoms with E-state index in [0.29, 0.717) is 17.9 Å². The first-order valence-corrected chi connectivity index (χ1v) is 12.1. The van der Waals surface area contributed by atoms with Gasteiger partial charge < -0.3 is 10.2 Å². The minimum atomic E-state index is -3.38. The van der Waals surface area contributed by atoms with Gasteiger partial charge in [-0.25, -0.2) is 17.2 Å². The van der Waals surface area contributed by atoms with Gasteiger partial charge in [-0.2, -0.15) is 10.4 Å². The molecule has 1 saturated heterocycles. The molecule has 3 rings (SSSR count). The number of alkyl halides is 2. The lowest BCUT2D eigenvalue weighted by Crippen LogP contribution is -2.43. The molecule has 13 heteroatoms. The van der Waals surface area contributed by atoms with Gasteiger partial charge in [0.2, 0.25) is 15.9 Å². The van der Waals surface area contributed by atoms with Crippen molar-refractivity contribution in [1.82, 2.24) is 20.0 Å². The smallest absolute Gasteiger partial charge is 0.268 e. The molecule has 1 aliphatic heterocycles. The number of carbonyl (C=O) groups excluding carboxylic acids is 2. The number of nitriles is 1. The molecule has 0 bridgehead atoms. The number of nitrogens with zero attached hydrogens (tertiary/aromatic N) is 4. The van der Waals surface area contributed by atoms with Gasteiger partial charge in [-0.15, -0.1) is 0 Å². The summed E-state index contributed by atoms with van der Waals surface area (Å²) in [7, 11) is -3.38. The molecule has 1 aromatic carbocycles. The second-order valence-electron chi connectivity index (χ2n) is 7.94. The van der Waals surface area contributed by atoms with E-state index < -0.39 is 53.3 Å². The molecule has 34 heavy (non-hydrogen) atoms. The molecule has 0 aliphatic carbocycles. The third-order valence-corrected chi connectivity index (χ3v) is 6.59. The van der Waals surface area contributed by atoms with E-state index in [1.54, 1.807) is 37.3 Å². The van der Waals surface area contributed by atoms with Crippen LogP contribution in [-0.2, 0) is 21.4 Å². The number of carbonyl (C=O) groups is 2. The lowest BCUT2D eigenvalue weighted by atomic mass is 10.2. The zero-order valence-electron chi connectivity index (χ0n) is 18.6. The summed E-state index contributed by atoms with van der Waals surface area (Å²) >= 11 is 0. The van der Waals surface area contributed by atoms with Crippen LogP contribution >= 0.6 is 0 Å². The number of anilines is 1. The van der Waals surface area contributed by atoms with Crippen molar-refractivity contribution in [3.63, 3.8) is 0 Å². The number of benzene rings is 1.